The van der Waals surface area contributed by atoms with Crippen molar-refractivity contribution >= 4 is 11.9 Å². The summed E-state index contributed by atoms with van der Waals surface area (Å²) in [6.07, 6.45) is 2.82. The number of nitrogens with zero attached hydrogens (tertiary/aromatic N) is 3. The van der Waals surface area contributed by atoms with Gasteiger partial charge in [0.05, 0.1) is 6.54 Å². The number of nitrogens with two attached hydrogens (primary N) is 2. The minimum atomic E-state index is -0.307. The average molecular weight is 258 g/mol. The molecule has 9 heteroatoms. The first kappa shape index (κ1) is 14.5. The topological polar surface area (TPSA) is 154 Å². The van der Waals surface area contributed by atoms with E-state index in [-0.39, 0.29) is 24.1 Å². The summed E-state index contributed by atoms with van der Waals surface area (Å²) in [5.41, 5.74) is 9.42. The molecule has 0 radical (unpaired) electrons. The Kier molecular flexibility index (Phi) is 6.19. The molecule has 0 aromatic carbocycles. The van der Waals surface area contributed by atoms with Crippen molar-refractivity contribution in [3.63, 3.8) is 0 Å². The van der Waals surface area contributed by atoms with E-state index in [0.717, 1.165) is 25.8 Å². The monoisotopic (exact) mass is 258 g/mol. The van der Waals surface area contributed by atoms with Crippen LogP contribution in [0.3, 0.4) is 0 Å². The number of H-pyrrole nitrogens is 1. The van der Waals surface area contributed by atoms with Gasteiger partial charge in [0.15, 0.2) is 6.04 Å². The quantitative estimate of drug-likeness (QED) is 0.245. The molecule has 1 aromatic heterocycles. The maximum Gasteiger partial charge on any atom is 0.284 e. The van der Waals surface area contributed by atoms with Gasteiger partial charge < -0.3 is 11.1 Å². The van der Waals surface area contributed by atoms with E-state index >= 15 is 0 Å². The molecule has 2 unspecified atom stereocenters. The molecule has 1 aromatic rings. The Bertz CT molecular complexity index is 338. The molecule has 0 aliphatic carbocycles. The average Bonchev–Trinajstić information content (AvgIpc) is 2.80. The van der Waals surface area contributed by atoms with Crippen LogP contribution in [0, 0.1) is 0 Å². The Balaban J connectivity index is 2.12. The molecule has 1 rings (SSSR count). The van der Waals surface area contributed by atoms with Gasteiger partial charge in [-0.1, -0.05) is 5.10 Å². The number of hydrogen-bond donors (Lipinski definition) is 5. The van der Waals surface area contributed by atoms with Gasteiger partial charge in [0.25, 0.3) is 11.9 Å². The molecule has 0 bridgehead atoms. The highest BCUT2D eigenvalue weighted by Crippen LogP contribution is 1.99. The molecule has 18 heavy (non-hydrogen) atoms. The third-order valence-corrected chi connectivity index (χ3v) is 2.50. The summed E-state index contributed by atoms with van der Waals surface area (Å²) in [5, 5.41) is 17.5. The van der Waals surface area contributed by atoms with E-state index in [4.69, 9.17) is 5.73 Å². The third kappa shape index (κ3) is 5.66. The molecular weight excluding hydrogens is 236 g/mol. The number of aromatic nitrogens is 4. The Morgan fingerprint density at radius 2 is 2.39 bits per heavy atom. The van der Waals surface area contributed by atoms with Crippen molar-refractivity contribution in [2.75, 3.05) is 11.9 Å². The normalized spacial score (nSPS) is 14.2. The minimum Gasteiger partial charge on any atom is -0.347 e. The maximum atomic E-state index is 11.7. The summed E-state index contributed by atoms with van der Waals surface area (Å²) >= 11 is 0. The van der Waals surface area contributed by atoms with Crippen LogP contribution in [0.15, 0.2) is 0 Å². The Hall–Kier alpha value is -1.58. The van der Waals surface area contributed by atoms with E-state index in [2.05, 4.69) is 37.0 Å². The molecule has 1 amide bonds. The van der Waals surface area contributed by atoms with Crippen LogP contribution in [0.2, 0.25) is 0 Å². The van der Waals surface area contributed by atoms with Gasteiger partial charge in [-0.05, 0) is 18.1 Å². The first-order valence-electron chi connectivity index (χ1n) is 6.06. The zero-order valence-corrected chi connectivity index (χ0v) is 10.6. The predicted molar refractivity (Wildman–Crippen MR) is 63.8 cm³/mol. The number of amides is 1. The van der Waals surface area contributed by atoms with Crippen molar-refractivity contribution in [2.24, 2.45) is 5.73 Å². The van der Waals surface area contributed by atoms with Crippen LogP contribution >= 0.6 is 0 Å². The second-order valence-corrected chi connectivity index (χ2v) is 4.30. The van der Waals surface area contributed by atoms with Crippen LogP contribution in [0.5, 0.6) is 0 Å². The van der Waals surface area contributed by atoms with Gasteiger partial charge >= 0.3 is 0 Å². The SMILES string of the molecule is CC(N)[NH2+]CCCCC([NH3+])C(=O)Nc1nn[nH]n1. The molecule has 0 spiro atoms. The molecule has 0 aliphatic rings. The summed E-state index contributed by atoms with van der Waals surface area (Å²) < 4.78 is 0. The van der Waals surface area contributed by atoms with E-state index in [1.165, 1.54) is 0 Å². The molecule has 2 atom stereocenters. The Morgan fingerprint density at radius 1 is 1.61 bits per heavy atom. The standard InChI is InChI=1S/C9H20N8O/c1-6(10)12-5-3-2-4-7(11)8(18)13-9-14-16-17-15-9/h6-7,12H,2-5,10-11H2,1H3,(H2,13,14,15,16,17,18)/p+2. The van der Waals surface area contributed by atoms with Crippen LogP contribution in [0.4, 0.5) is 5.95 Å². The van der Waals surface area contributed by atoms with Crippen molar-refractivity contribution in [1.29, 1.82) is 0 Å². The van der Waals surface area contributed by atoms with E-state index < -0.39 is 0 Å². The van der Waals surface area contributed by atoms with Crippen LogP contribution in [0.25, 0.3) is 0 Å². The number of tetrazole rings is 1. The fourth-order valence-corrected chi connectivity index (χ4v) is 1.47. The zero-order chi connectivity index (χ0) is 13.4. The largest absolute Gasteiger partial charge is 0.347 e. The first-order chi connectivity index (χ1) is 8.59. The van der Waals surface area contributed by atoms with Gasteiger partial charge in [-0.2, -0.15) is 5.21 Å². The number of hydrogen-bond acceptors (Lipinski definition) is 5. The smallest absolute Gasteiger partial charge is 0.284 e. The van der Waals surface area contributed by atoms with E-state index in [9.17, 15) is 4.79 Å². The predicted octanol–water partition coefficient (Wildman–Crippen LogP) is -3.21. The number of aromatic amines is 1. The van der Waals surface area contributed by atoms with Crippen molar-refractivity contribution in [2.45, 2.75) is 38.4 Å². The minimum absolute atomic E-state index is 0.127. The lowest BCUT2D eigenvalue weighted by Gasteiger charge is -2.07. The van der Waals surface area contributed by atoms with Crippen molar-refractivity contribution in [1.82, 2.24) is 20.6 Å². The molecule has 102 valence electrons. The summed E-state index contributed by atoms with van der Waals surface area (Å²) in [4.78, 5) is 11.7. The number of nitrogens with one attached hydrogen (secondary N) is 2. The molecule has 0 fully saturated rings. The maximum absolute atomic E-state index is 11.7. The molecule has 0 saturated carbocycles. The Morgan fingerprint density at radius 3 is 3.00 bits per heavy atom. The fourth-order valence-electron chi connectivity index (χ4n) is 1.47. The number of quaternary nitrogens is 2. The fraction of sp³-hybridized carbons (Fsp3) is 0.778. The summed E-state index contributed by atoms with van der Waals surface area (Å²) in [7, 11) is 0. The summed E-state index contributed by atoms with van der Waals surface area (Å²) in [6.45, 7) is 2.92. The molecular formula is C9H22N8O+2. The van der Waals surface area contributed by atoms with Crippen molar-refractivity contribution in [3.05, 3.63) is 0 Å². The molecule has 1 heterocycles. The molecule has 0 saturated heterocycles. The summed E-state index contributed by atoms with van der Waals surface area (Å²) in [6, 6.07) is -0.307. The second-order valence-electron chi connectivity index (χ2n) is 4.30. The van der Waals surface area contributed by atoms with Gasteiger partial charge in [-0.3, -0.25) is 15.8 Å². The van der Waals surface area contributed by atoms with Crippen LogP contribution in [-0.2, 0) is 4.79 Å². The Labute approximate surface area is 105 Å². The van der Waals surface area contributed by atoms with Crippen molar-refractivity contribution in [3.8, 4) is 0 Å². The number of anilines is 1. The van der Waals surface area contributed by atoms with Crippen LogP contribution in [0.1, 0.15) is 26.2 Å². The van der Waals surface area contributed by atoms with Gasteiger partial charge in [0.1, 0.15) is 6.17 Å². The first-order valence-corrected chi connectivity index (χ1v) is 6.06. The number of unbranched alkanes of at least 4 members (excludes halogenated alkanes) is 1. The zero-order valence-electron chi connectivity index (χ0n) is 10.6. The van der Waals surface area contributed by atoms with Crippen LogP contribution in [-0.4, -0.2) is 45.3 Å². The highest BCUT2D eigenvalue weighted by atomic mass is 16.2. The lowest BCUT2D eigenvalue weighted by atomic mass is 10.1. The van der Waals surface area contributed by atoms with E-state index in [1.807, 2.05) is 6.92 Å². The van der Waals surface area contributed by atoms with Gasteiger partial charge in [0.2, 0.25) is 0 Å². The van der Waals surface area contributed by atoms with E-state index in [1.54, 1.807) is 0 Å². The lowest BCUT2D eigenvalue weighted by Crippen LogP contribution is -2.92. The van der Waals surface area contributed by atoms with Crippen LogP contribution < -0.4 is 22.1 Å². The van der Waals surface area contributed by atoms with Crippen molar-refractivity contribution < 1.29 is 15.8 Å². The molecule has 0 aliphatic heterocycles. The third-order valence-electron chi connectivity index (χ3n) is 2.50. The van der Waals surface area contributed by atoms with E-state index in [0.29, 0.717) is 0 Å². The number of carbonyl (C=O) groups is 1. The number of rotatable bonds is 8. The summed E-state index contributed by atoms with van der Waals surface area (Å²) in [5.74, 6) is -0.00786. The molecule has 9 N–H and O–H groups in total. The van der Waals surface area contributed by atoms with Gasteiger partial charge in [-0.15, -0.1) is 5.10 Å². The highest BCUT2D eigenvalue weighted by molar-refractivity contribution is 5.91. The number of carbonyl (C=O) groups excluding carboxylic acids is 1. The molecule has 9 nitrogen and oxygen atoms in total. The highest BCUT2D eigenvalue weighted by Gasteiger charge is 2.18. The van der Waals surface area contributed by atoms with Gasteiger partial charge in [-0.25, -0.2) is 0 Å². The van der Waals surface area contributed by atoms with Gasteiger partial charge in [0, 0.05) is 13.3 Å². The second kappa shape index (κ2) is 7.69. The lowest BCUT2D eigenvalue weighted by molar-refractivity contribution is -0.685.